The van der Waals surface area contributed by atoms with Crippen LogP contribution in [0, 0.1) is 0 Å². The number of benzene rings is 1. The monoisotopic (exact) mass is 609 g/mol. The molecule has 1 N–H and O–H groups in total. The lowest BCUT2D eigenvalue weighted by atomic mass is 10.1. The Balaban J connectivity index is 1.77. The van der Waals surface area contributed by atoms with Crippen LogP contribution >= 0.6 is 0 Å². The lowest BCUT2D eigenvalue weighted by molar-refractivity contribution is -0.274. The van der Waals surface area contributed by atoms with Gasteiger partial charge in [-0.15, -0.1) is 18.3 Å². The number of carboxylic acid groups (broad SMARTS) is 1. The number of hydrogen-bond acceptors (Lipinski definition) is 8. The number of para-hydroxylation sites is 1. The summed E-state index contributed by atoms with van der Waals surface area (Å²) < 4.78 is 62.6. The van der Waals surface area contributed by atoms with E-state index in [9.17, 15) is 27.9 Å². The Hall–Kier alpha value is -4.27. The smallest absolute Gasteiger partial charge is 0.474 e. The van der Waals surface area contributed by atoms with Crippen LogP contribution in [-0.4, -0.2) is 81.2 Å². The second-order valence-electron chi connectivity index (χ2n) is 11.2. The first-order valence-corrected chi connectivity index (χ1v) is 13.6. The molecule has 4 rings (SSSR count). The van der Waals surface area contributed by atoms with E-state index in [0.717, 1.165) is 11.0 Å². The summed E-state index contributed by atoms with van der Waals surface area (Å²) in [5, 5.41) is 13.9. The molecule has 15 heteroatoms. The van der Waals surface area contributed by atoms with Crippen LogP contribution in [-0.2, 0) is 16.0 Å². The maximum absolute atomic E-state index is 13.6. The lowest BCUT2D eigenvalue weighted by Gasteiger charge is -2.31. The van der Waals surface area contributed by atoms with Crippen LogP contribution in [0.1, 0.15) is 51.8 Å². The highest BCUT2D eigenvalue weighted by atomic mass is 19.4. The predicted octanol–water partition coefficient (Wildman–Crippen LogP) is 5.45. The van der Waals surface area contributed by atoms with Gasteiger partial charge in [0.05, 0.1) is 37.3 Å². The van der Waals surface area contributed by atoms with Gasteiger partial charge >= 0.3 is 18.5 Å². The quantitative estimate of drug-likeness (QED) is 0.355. The minimum atomic E-state index is -4.95. The third-order valence-corrected chi connectivity index (χ3v) is 6.30. The molecule has 0 saturated carbocycles. The summed E-state index contributed by atoms with van der Waals surface area (Å²) in [6.45, 7) is 8.93. The van der Waals surface area contributed by atoms with Crippen molar-refractivity contribution in [1.29, 1.82) is 0 Å². The molecule has 1 aliphatic heterocycles. The Morgan fingerprint density at radius 3 is 2.58 bits per heavy atom. The van der Waals surface area contributed by atoms with Gasteiger partial charge in [-0.1, -0.05) is 32.0 Å². The highest BCUT2D eigenvalue weighted by Crippen LogP contribution is 2.33. The minimum absolute atomic E-state index is 0.0480. The molecule has 1 fully saturated rings. The lowest BCUT2D eigenvalue weighted by Crippen LogP contribution is -2.47. The molecule has 12 nitrogen and oxygen atoms in total. The van der Waals surface area contributed by atoms with Gasteiger partial charge in [0.25, 0.3) is 0 Å². The molecule has 2 amide bonds. The van der Waals surface area contributed by atoms with Crippen molar-refractivity contribution in [1.82, 2.24) is 19.5 Å². The Morgan fingerprint density at radius 2 is 1.93 bits per heavy atom. The van der Waals surface area contributed by atoms with Crippen molar-refractivity contribution in [3.8, 4) is 11.6 Å². The zero-order valence-electron chi connectivity index (χ0n) is 24.4. The number of morpholine rings is 1. The number of carbonyl (C=O) groups is 2. The Bertz CT molecular complexity index is 1450. The SMILES string of the molecule is CC(C)c1cnc2c(N(Cc3ccccc3OC(F)(F)F)C(=O)OC(C)(C)C)cc(OCC3CN(C(=O)O)CCO3)nn12. The van der Waals surface area contributed by atoms with Crippen LogP contribution in [0.4, 0.5) is 28.4 Å². The number of ether oxygens (including phenoxy) is 4. The summed E-state index contributed by atoms with van der Waals surface area (Å²) in [4.78, 5) is 31.9. The summed E-state index contributed by atoms with van der Waals surface area (Å²) in [7, 11) is 0. The van der Waals surface area contributed by atoms with E-state index in [-0.39, 0.29) is 61.5 Å². The number of hydrogen-bond donors (Lipinski definition) is 1. The summed E-state index contributed by atoms with van der Waals surface area (Å²) in [6, 6.07) is 6.92. The third kappa shape index (κ3) is 8.18. The maximum atomic E-state index is 13.6. The normalized spacial score (nSPS) is 15.9. The van der Waals surface area contributed by atoms with Crippen LogP contribution in [0.15, 0.2) is 36.5 Å². The molecular weight excluding hydrogens is 575 g/mol. The van der Waals surface area contributed by atoms with Crippen molar-refractivity contribution in [3.05, 3.63) is 47.8 Å². The van der Waals surface area contributed by atoms with E-state index in [4.69, 9.17) is 14.2 Å². The van der Waals surface area contributed by atoms with Gasteiger partial charge in [-0.2, -0.15) is 0 Å². The van der Waals surface area contributed by atoms with Crippen LogP contribution in [0.2, 0.25) is 0 Å². The van der Waals surface area contributed by atoms with Gasteiger partial charge in [-0.05, 0) is 32.8 Å². The number of alkyl halides is 3. The first kappa shape index (κ1) is 31.7. The molecule has 1 aromatic carbocycles. The Kier molecular flexibility index (Phi) is 9.23. The highest BCUT2D eigenvalue weighted by molar-refractivity contribution is 5.92. The average Bonchev–Trinajstić information content (AvgIpc) is 3.34. The topological polar surface area (TPSA) is 128 Å². The zero-order chi connectivity index (χ0) is 31.5. The Labute approximate surface area is 245 Å². The molecule has 3 aromatic rings. The zero-order valence-corrected chi connectivity index (χ0v) is 24.4. The molecule has 3 heterocycles. The van der Waals surface area contributed by atoms with E-state index >= 15 is 0 Å². The van der Waals surface area contributed by atoms with E-state index in [1.54, 1.807) is 27.0 Å². The molecule has 0 radical (unpaired) electrons. The molecule has 0 bridgehead atoms. The molecule has 0 aliphatic carbocycles. The van der Waals surface area contributed by atoms with Gasteiger partial charge in [0.2, 0.25) is 5.88 Å². The van der Waals surface area contributed by atoms with E-state index in [0.29, 0.717) is 5.69 Å². The number of amides is 2. The van der Waals surface area contributed by atoms with Crippen LogP contribution in [0.5, 0.6) is 11.6 Å². The second-order valence-corrected chi connectivity index (χ2v) is 11.2. The van der Waals surface area contributed by atoms with Crippen molar-refractivity contribution in [2.45, 2.75) is 65.1 Å². The standard InChI is InChI=1S/C28H34F3N5O7/c1-17(2)21-13-32-24-20(12-23(33-36(21)24)41-16-19-15-34(25(37)38)10-11-40-19)35(26(39)43-27(3,4)5)14-18-8-6-7-9-22(18)42-28(29,30)31/h6-9,12-13,17,19H,10-11,14-16H2,1-5H3,(H,37,38). The summed E-state index contributed by atoms with van der Waals surface area (Å²) in [6.07, 6.45) is -5.87. The van der Waals surface area contributed by atoms with E-state index < -0.39 is 36.0 Å². The van der Waals surface area contributed by atoms with E-state index in [1.807, 2.05) is 13.8 Å². The molecule has 1 aliphatic rings. The fourth-order valence-corrected chi connectivity index (χ4v) is 4.38. The van der Waals surface area contributed by atoms with Crippen molar-refractivity contribution in [2.75, 3.05) is 31.2 Å². The number of aromatic nitrogens is 3. The van der Waals surface area contributed by atoms with Gasteiger partial charge in [0, 0.05) is 18.2 Å². The number of rotatable bonds is 8. The van der Waals surface area contributed by atoms with Crippen molar-refractivity contribution < 1.29 is 46.8 Å². The summed E-state index contributed by atoms with van der Waals surface area (Å²) in [5.41, 5.74) is 0.194. The number of nitrogens with zero attached hydrogens (tertiary/aromatic N) is 5. The first-order valence-electron chi connectivity index (χ1n) is 13.6. The highest BCUT2D eigenvalue weighted by Gasteiger charge is 2.34. The van der Waals surface area contributed by atoms with Gasteiger partial charge < -0.3 is 29.0 Å². The number of anilines is 1. The largest absolute Gasteiger partial charge is 0.573 e. The molecule has 0 spiro atoms. The summed E-state index contributed by atoms with van der Waals surface area (Å²) in [5.74, 6) is -0.479. The summed E-state index contributed by atoms with van der Waals surface area (Å²) >= 11 is 0. The van der Waals surface area contributed by atoms with Crippen molar-refractivity contribution >= 4 is 23.5 Å². The second kappa shape index (κ2) is 12.5. The van der Waals surface area contributed by atoms with Crippen LogP contribution < -0.4 is 14.4 Å². The van der Waals surface area contributed by atoms with Crippen LogP contribution in [0.3, 0.4) is 0 Å². The van der Waals surface area contributed by atoms with Gasteiger partial charge in [-0.3, -0.25) is 4.90 Å². The maximum Gasteiger partial charge on any atom is 0.573 e. The number of imidazole rings is 1. The van der Waals surface area contributed by atoms with Crippen molar-refractivity contribution in [3.63, 3.8) is 0 Å². The van der Waals surface area contributed by atoms with E-state index in [2.05, 4.69) is 14.8 Å². The van der Waals surface area contributed by atoms with Crippen molar-refractivity contribution in [2.24, 2.45) is 0 Å². The molecule has 234 valence electrons. The third-order valence-electron chi connectivity index (χ3n) is 6.30. The fourth-order valence-electron chi connectivity index (χ4n) is 4.38. The number of halogens is 3. The number of fused-ring (bicyclic) bond motifs is 1. The molecular formula is C28H34F3N5O7. The Morgan fingerprint density at radius 1 is 1.21 bits per heavy atom. The molecule has 2 aromatic heterocycles. The average molecular weight is 610 g/mol. The number of carbonyl (C=O) groups excluding carboxylic acids is 1. The fraction of sp³-hybridized carbons (Fsp3) is 0.500. The molecule has 43 heavy (non-hydrogen) atoms. The minimum Gasteiger partial charge on any atom is -0.474 e. The van der Waals surface area contributed by atoms with Crippen LogP contribution in [0.25, 0.3) is 5.65 Å². The van der Waals surface area contributed by atoms with Gasteiger partial charge in [-0.25, -0.2) is 19.1 Å². The molecule has 1 unspecified atom stereocenters. The van der Waals surface area contributed by atoms with Gasteiger partial charge in [0.15, 0.2) is 5.65 Å². The van der Waals surface area contributed by atoms with E-state index in [1.165, 1.54) is 33.7 Å². The van der Waals surface area contributed by atoms with Gasteiger partial charge in [0.1, 0.15) is 24.1 Å². The molecule has 1 atom stereocenters. The first-order chi connectivity index (χ1) is 20.1. The predicted molar refractivity (Wildman–Crippen MR) is 147 cm³/mol. The molecule has 1 saturated heterocycles.